The van der Waals surface area contributed by atoms with Crippen LogP contribution in [0.3, 0.4) is 0 Å². The minimum absolute atomic E-state index is 0.114. The van der Waals surface area contributed by atoms with Gasteiger partial charge in [0.05, 0.1) is 10.6 Å². The maximum Gasteiger partial charge on any atom is 0.272 e. The SMILES string of the molecule is CCNC(=O)c1ccc(NC(=O)C2CCN(C(=O)c3ccccn3)CC2)cc1Cl. The first kappa shape index (κ1) is 20.8. The maximum absolute atomic E-state index is 12.6. The molecule has 0 radical (unpaired) electrons. The molecule has 2 aromatic rings. The molecule has 0 saturated carbocycles. The van der Waals surface area contributed by atoms with E-state index in [1.165, 1.54) is 0 Å². The highest BCUT2D eigenvalue weighted by Crippen LogP contribution is 2.24. The molecule has 2 N–H and O–H groups in total. The lowest BCUT2D eigenvalue weighted by molar-refractivity contribution is -0.121. The van der Waals surface area contributed by atoms with Crippen molar-refractivity contribution in [3.63, 3.8) is 0 Å². The fraction of sp³-hybridized carbons (Fsp3) is 0.333. The molecule has 1 aliphatic rings. The van der Waals surface area contributed by atoms with Crippen LogP contribution in [0.2, 0.25) is 5.02 Å². The average molecular weight is 415 g/mol. The number of rotatable bonds is 5. The van der Waals surface area contributed by atoms with Crippen molar-refractivity contribution in [2.45, 2.75) is 19.8 Å². The lowest BCUT2D eigenvalue weighted by Gasteiger charge is -2.31. The molecule has 1 aromatic heterocycles. The maximum atomic E-state index is 12.6. The van der Waals surface area contributed by atoms with E-state index in [1.807, 2.05) is 6.92 Å². The number of aromatic nitrogens is 1. The normalized spacial score (nSPS) is 14.3. The van der Waals surface area contributed by atoms with Crippen molar-refractivity contribution in [3.05, 3.63) is 58.9 Å². The Hall–Kier alpha value is -2.93. The van der Waals surface area contributed by atoms with Gasteiger partial charge in [0.2, 0.25) is 5.91 Å². The molecule has 0 atom stereocenters. The van der Waals surface area contributed by atoms with Crippen LogP contribution in [-0.2, 0) is 4.79 Å². The summed E-state index contributed by atoms with van der Waals surface area (Å²) in [5, 5.41) is 5.83. The van der Waals surface area contributed by atoms with Crippen molar-refractivity contribution in [3.8, 4) is 0 Å². The number of carbonyl (C=O) groups excluding carboxylic acids is 3. The first-order valence-corrected chi connectivity index (χ1v) is 9.96. The second kappa shape index (κ2) is 9.52. The van der Waals surface area contributed by atoms with Crippen molar-refractivity contribution >= 4 is 35.0 Å². The Bertz CT molecular complexity index is 896. The van der Waals surface area contributed by atoms with E-state index >= 15 is 0 Å². The van der Waals surface area contributed by atoms with E-state index < -0.39 is 0 Å². The fourth-order valence-corrected chi connectivity index (χ4v) is 3.54. The quantitative estimate of drug-likeness (QED) is 0.786. The fourth-order valence-electron chi connectivity index (χ4n) is 3.27. The molecule has 0 spiro atoms. The van der Waals surface area contributed by atoms with E-state index in [1.54, 1.807) is 47.5 Å². The summed E-state index contributed by atoms with van der Waals surface area (Å²) in [4.78, 5) is 42.8. The molecular weight excluding hydrogens is 392 g/mol. The van der Waals surface area contributed by atoms with Gasteiger partial charge in [-0.2, -0.15) is 0 Å². The Balaban J connectivity index is 1.55. The first-order chi connectivity index (χ1) is 14.0. The summed E-state index contributed by atoms with van der Waals surface area (Å²) >= 11 is 6.18. The van der Waals surface area contributed by atoms with Crippen LogP contribution in [0.15, 0.2) is 42.6 Å². The lowest BCUT2D eigenvalue weighted by Crippen LogP contribution is -2.41. The molecule has 29 heavy (non-hydrogen) atoms. The molecule has 1 saturated heterocycles. The summed E-state index contributed by atoms with van der Waals surface area (Å²) in [6.45, 7) is 3.35. The molecule has 1 aromatic carbocycles. The molecule has 2 heterocycles. The van der Waals surface area contributed by atoms with Gasteiger partial charge in [-0.05, 0) is 50.1 Å². The average Bonchev–Trinajstić information content (AvgIpc) is 2.74. The molecule has 8 heteroatoms. The summed E-state index contributed by atoms with van der Waals surface area (Å²) < 4.78 is 0. The third-order valence-electron chi connectivity index (χ3n) is 4.86. The van der Waals surface area contributed by atoms with Crippen molar-refractivity contribution < 1.29 is 14.4 Å². The molecule has 7 nitrogen and oxygen atoms in total. The Kier molecular flexibility index (Phi) is 6.82. The summed E-state index contributed by atoms with van der Waals surface area (Å²) in [5.41, 5.74) is 1.32. The number of hydrogen-bond acceptors (Lipinski definition) is 4. The van der Waals surface area contributed by atoms with E-state index in [2.05, 4.69) is 15.6 Å². The summed E-state index contributed by atoms with van der Waals surface area (Å²) in [6.07, 6.45) is 2.75. The Morgan fingerprint density at radius 1 is 1.17 bits per heavy atom. The number of likely N-dealkylation sites (tertiary alicyclic amines) is 1. The topological polar surface area (TPSA) is 91.4 Å². The van der Waals surface area contributed by atoms with E-state index in [9.17, 15) is 14.4 Å². The van der Waals surface area contributed by atoms with Crippen molar-refractivity contribution in [1.29, 1.82) is 0 Å². The molecule has 1 fully saturated rings. The van der Waals surface area contributed by atoms with Gasteiger partial charge in [0.1, 0.15) is 5.69 Å². The van der Waals surface area contributed by atoms with Gasteiger partial charge in [-0.25, -0.2) is 0 Å². The van der Waals surface area contributed by atoms with Crippen LogP contribution in [0.5, 0.6) is 0 Å². The van der Waals surface area contributed by atoms with Crippen molar-refractivity contribution in [2.75, 3.05) is 25.0 Å². The molecule has 3 amide bonds. The number of benzene rings is 1. The smallest absolute Gasteiger partial charge is 0.272 e. The van der Waals surface area contributed by atoms with Crippen LogP contribution in [-0.4, -0.2) is 47.2 Å². The van der Waals surface area contributed by atoms with Gasteiger partial charge in [-0.1, -0.05) is 17.7 Å². The number of anilines is 1. The van der Waals surface area contributed by atoms with Gasteiger partial charge in [0, 0.05) is 37.4 Å². The number of nitrogens with one attached hydrogen (secondary N) is 2. The van der Waals surface area contributed by atoms with Gasteiger partial charge in [-0.3, -0.25) is 19.4 Å². The summed E-state index contributed by atoms with van der Waals surface area (Å²) in [5.74, 6) is -0.668. The molecule has 0 bridgehead atoms. The Morgan fingerprint density at radius 3 is 2.55 bits per heavy atom. The monoisotopic (exact) mass is 414 g/mol. The van der Waals surface area contributed by atoms with E-state index in [0.717, 1.165) is 0 Å². The van der Waals surface area contributed by atoms with E-state index in [0.29, 0.717) is 49.4 Å². The molecular formula is C21H23ClN4O3. The second-order valence-corrected chi connectivity index (χ2v) is 7.23. The van der Waals surface area contributed by atoms with Gasteiger partial charge >= 0.3 is 0 Å². The van der Waals surface area contributed by atoms with Crippen LogP contribution in [0.25, 0.3) is 0 Å². The Morgan fingerprint density at radius 2 is 1.93 bits per heavy atom. The third-order valence-corrected chi connectivity index (χ3v) is 5.17. The van der Waals surface area contributed by atoms with Crippen LogP contribution < -0.4 is 10.6 Å². The van der Waals surface area contributed by atoms with Gasteiger partial charge < -0.3 is 15.5 Å². The van der Waals surface area contributed by atoms with Gasteiger partial charge in [-0.15, -0.1) is 0 Å². The predicted octanol–water partition coefficient (Wildman–Crippen LogP) is 2.98. The Labute approximate surface area is 174 Å². The molecule has 3 rings (SSSR count). The van der Waals surface area contributed by atoms with Crippen molar-refractivity contribution in [2.24, 2.45) is 5.92 Å². The van der Waals surface area contributed by atoms with Crippen LogP contribution in [0, 0.1) is 5.92 Å². The number of piperidine rings is 1. The molecule has 1 aliphatic heterocycles. The minimum atomic E-state index is -0.250. The largest absolute Gasteiger partial charge is 0.352 e. The lowest BCUT2D eigenvalue weighted by atomic mass is 9.95. The number of carbonyl (C=O) groups is 3. The standard InChI is InChI=1S/C21H23ClN4O3/c1-2-23-20(28)16-7-6-15(13-17(16)22)25-19(27)14-8-11-26(12-9-14)21(29)18-5-3-4-10-24-18/h3-7,10,13-14H,2,8-9,11-12H2,1H3,(H,23,28)(H,25,27). The van der Waals surface area contributed by atoms with Crippen LogP contribution in [0.4, 0.5) is 5.69 Å². The zero-order valence-electron chi connectivity index (χ0n) is 16.2. The number of amides is 3. The zero-order valence-corrected chi connectivity index (χ0v) is 16.9. The summed E-state index contributed by atoms with van der Waals surface area (Å²) in [6, 6.07) is 10.1. The highest BCUT2D eigenvalue weighted by molar-refractivity contribution is 6.34. The highest BCUT2D eigenvalue weighted by atomic mass is 35.5. The van der Waals surface area contributed by atoms with Crippen LogP contribution in [0.1, 0.15) is 40.6 Å². The number of nitrogens with zero attached hydrogens (tertiary/aromatic N) is 2. The van der Waals surface area contributed by atoms with Gasteiger partial charge in [0.25, 0.3) is 11.8 Å². The van der Waals surface area contributed by atoms with Crippen molar-refractivity contribution in [1.82, 2.24) is 15.2 Å². The number of halogens is 1. The van der Waals surface area contributed by atoms with Crippen LogP contribution >= 0.6 is 11.6 Å². The molecule has 0 unspecified atom stereocenters. The molecule has 0 aliphatic carbocycles. The molecule has 152 valence electrons. The zero-order chi connectivity index (χ0) is 20.8. The summed E-state index contributed by atoms with van der Waals surface area (Å²) in [7, 11) is 0. The first-order valence-electron chi connectivity index (χ1n) is 9.58. The number of hydrogen-bond donors (Lipinski definition) is 2. The van der Waals surface area contributed by atoms with E-state index in [-0.39, 0.29) is 28.7 Å². The minimum Gasteiger partial charge on any atom is -0.352 e. The van der Waals surface area contributed by atoms with Gasteiger partial charge in [0.15, 0.2) is 0 Å². The highest BCUT2D eigenvalue weighted by Gasteiger charge is 2.28. The second-order valence-electron chi connectivity index (χ2n) is 6.82. The third kappa shape index (κ3) is 5.12. The predicted molar refractivity (Wildman–Crippen MR) is 111 cm³/mol. The van der Waals surface area contributed by atoms with E-state index in [4.69, 9.17) is 11.6 Å². The number of pyridine rings is 1.